The molecule has 76 valence electrons. The second kappa shape index (κ2) is 4.17. The molecule has 0 saturated carbocycles. The Hall–Kier alpha value is -1.45. The number of rotatable bonds is 4. The molecule has 4 heteroatoms. The number of hydrogen-bond donors (Lipinski definition) is 0. The topological polar surface area (TPSA) is 26.3 Å². The van der Waals surface area contributed by atoms with E-state index < -0.39 is 12.3 Å². The van der Waals surface area contributed by atoms with Crippen molar-refractivity contribution in [1.82, 2.24) is 0 Å². The van der Waals surface area contributed by atoms with E-state index in [1.54, 1.807) is 6.07 Å². The number of ether oxygens (including phenoxy) is 1. The lowest BCUT2D eigenvalue weighted by atomic mass is 10.1. The van der Waals surface area contributed by atoms with Gasteiger partial charge in [0.1, 0.15) is 12.0 Å². The van der Waals surface area contributed by atoms with Gasteiger partial charge in [0.25, 0.3) is 5.92 Å². The van der Waals surface area contributed by atoms with Crippen LogP contribution in [0, 0.1) is 0 Å². The number of para-hydroxylation sites is 1. The maximum atomic E-state index is 13.3. The van der Waals surface area contributed by atoms with Gasteiger partial charge in [-0.15, -0.1) is 0 Å². The van der Waals surface area contributed by atoms with Crippen LogP contribution < -0.4 is 4.74 Å². The fourth-order valence-corrected chi connectivity index (χ4v) is 1.16. The molecule has 0 atom stereocenters. The van der Waals surface area contributed by atoms with Gasteiger partial charge < -0.3 is 9.53 Å². The molecule has 1 rings (SSSR count). The van der Waals surface area contributed by atoms with Crippen LogP contribution in [-0.4, -0.2) is 13.4 Å². The number of methoxy groups -OCH3 is 1. The minimum Gasteiger partial charge on any atom is -0.496 e. The predicted molar refractivity (Wildman–Crippen MR) is 47.6 cm³/mol. The number of hydrogen-bond acceptors (Lipinski definition) is 2. The van der Waals surface area contributed by atoms with E-state index in [0.29, 0.717) is 0 Å². The molecule has 0 aliphatic carbocycles. The molecule has 0 bridgehead atoms. The van der Waals surface area contributed by atoms with E-state index in [2.05, 4.69) is 0 Å². The minimum absolute atomic E-state index is 0.0966. The molecule has 14 heavy (non-hydrogen) atoms. The molecule has 0 radical (unpaired) electrons. The quantitative estimate of drug-likeness (QED) is 0.697. The molecule has 1 aromatic rings. The van der Waals surface area contributed by atoms with Crippen molar-refractivity contribution in [2.45, 2.75) is 12.3 Å². The van der Waals surface area contributed by atoms with E-state index in [4.69, 9.17) is 4.74 Å². The molecule has 0 unspecified atom stereocenters. The van der Waals surface area contributed by atoms with Crippen molar-refractivity contribution in [2.24, 2.45) is 0 Å². The highest BCUT2D eigenvalue weighted by molar-refractivity contribution is 5.53. The molecule has 0 fully saturated rings. The first-order valence-electron chi connectivity index (χ1n) is 4.07. The van der Waals surface area contributed by atoms with Gasteiger partial charge in [0.15, 0.2) is 0 Å². The van der Waals surface area contributed by atoms with Crippen LogP contribution in [0.1, 0.15) is 12.0 Å². The summed E-state index contributed by atoms with van der Waals surface area (Å²) in [5.41, 5.74) is -0.255. The van der Waals surface area contributed by atoms with Crippen molar-refractivity contribution >= 4 is 6.29 Å². The zero-order valence-corrected chi connectivity index (χ0v) is 7.67. The lowest BCUT2D eigenvalue weighted by Crippen LogP contribution is -2.15. The number of carbonyl (C=O) groups excluding carboxylic acids is 1. The Balaban J connectivity index is 3.09. The summed E-state index contributed by atoms with van der Waals surface area (Å²) in [6, 6.07) is 5.77. The van der Waals surface area contributed by atoms with Crippen LogP contribution in [0.15, 0.2) is 24.3 Å². The van der Waals surface area contributed by atoms with Gasteiger partial charge in [-0.05, 0) is 12.1 Å². The van der Waals surface area contributed by atoms with E-state index in [1.807, 2.05) is 0 Å². The molecule has 0 amide bonds. The summed E-state index contributed by atoms with van der Waals surface area (Å²) in [4.78, 5) is 10.1. The van der Waals surface area contributed by atoms with Gasteiger partial charge in [0.05, 0.1) is 19.1 Å². The predicted octanol–water partition coefficient (Wildman–Crippen LogP) is 2.38. The third kappa shape index (κ3) is 2.07. The number of benzene rings is 1. The lowest BCUT2D eigenvalue weighted by molar-refractivity contribution is -0.115. The van der Waals surface area contributed by atoms with Crippen LogP contribution in [0.4, 0.5) is 8.78 Å². The third-order valence-electron chi connectivity index (χ3n) is 1.84. The Bertz CT molecular complexity index is 324. The number of alkyl halides is 2. The summed E-state index contributed by atoms with van der Waals surface area (Å²) in [6.45, 7) is 0. The summed E-state index contributed by atoms with van der Waals surface area (Å²) in [5.74, 6) is -3.06. The van der Waals surface area contributed by atoms with Crippen LogP contribution >= 0.6 is 0 Å². The summed E-state index contributed by atoms with van der Waals surface area (Å²) >= 11 is 0. The molecule has 0 spiro atoms. The summed E-state index contributed by atoms with van der Waals surface area (Å²) in [6.07, 6.45) is -0.625. The van der Waals surface area contributed by atoms with Crippen molar-refractivity contribution in [3.8, 4) is 5.75 Å². The molecular formula is C10H10F2O2. The van der Waals surface area contributed by atoms with E-state index in [1.165, 1.54) is 25.3 Å². The molecule has 0 heterocycles. The molecular weight excluding hydrogens is 190 g/mol. The molecule has 1 aromatic carbocycles. The SMILES string of the molecule is COc1ccccc1C(F)(F)CC=O. The highest BCUT2D eigenvalue weighted by Crippen LogP contribution is 2.36. The first-order valence-corrected chi connectivity index (χ1v) is 4.07. The molecule has 0 aliphatic heterocycles. The first-order chi connectivity index (χ1) is 6.61. The Morgan fingerprint density at radius 3 is 2.64 bits per heavy atom. The van der Waals surface area contributed by atoms with Crippen molar-refractivity contribution in [3.63, 3.8) is 0 Å². The van der Waals surface area contributed by atoms with Crippen molar-refractivity contribution in [3.05, 3.63) is 29.8 Å². The van der Waals surface area contributed by atoms with Crippen molar-refractivity contribution < 1.29 is 18.3 Å². The van der Waals surface area contributed by atoms with Gasteiger partial charge in [-0.1, -0.05) is 12.1 Å². The van der Waals surface area contributed by atoms with Crippen LogP contribution in [0.2, 0.25) is 0 Å². The minimum atomic E-state index is -3.16. The van der Waals surface area contributed by atoms with Crippen molar-refractivity contribution in [2.75, 3.05) is 7.11 Å². The highest BCUT2D eigenvalue weighted by atomic mass is 19.3. The van der Waals surface area contributed by atoms with Crippen molar-refractivity contribution in [1.29, 1.82) is 0 Å². The zero-order chi connectivity index (χ0) is 10.6. The van der Waals surface area contributed by atoms with Gasteiger partial charge in [-0.2, -0.15) is 0 Å². The number of aldehydes is 1. The second-order valence-electron chi connectivity index (χ2n) is 2.78. The Morgan fingerprint density at radius 1 is 1.43 bits per heavy atom. The maximum absolute atomic E-state index is 13.3. The second-order valence-corrected chi connectivity index (χ2v) is 2.78. The van der Waals surface area contributed by atoms with Gasteiger partial charge in [0, 0.05) is 0 Å². The Morgan fingerprint density at radius 2 is 2.07 bits per heavy atom. The van der Waals surface area contributed by atoms with E-state index >= 15 is 0 Å². The van der Waals surface area contributed by atoms with Gasteiger partial charge in [-0.25, -0.2) is 8.78 Å². The van der Waals surface area contributed by atoms with Crippen LogP contribution in [0.25, 0.3) is 0 Å². The van der Waals surface area contributed by atoms with Crippen LogP contribution in [-0.2, 0) is 10.7 Å². The fraction of sp³-hybridized carbons (Fsp3) is 0.300. The maximum Gasteiger partial charge on any atom is 0.283 e. The van der Waals surface area contributed by atoms with E-state index in [9.17, 15) is 13.6 Å². The Kier molecular flexibility index (Phi) is 3.17. The molecule has 0 aromatic heterocycles. The van der Waals surface area contributed by atoms with Crippen LogP contribution in [0.5, 0.6) is 5.75 Å². The summed E-state index contributed by atoms with van der Waals surface area (Å²) < 4.78 is 31.4. The fourth-order valence-electron chi connectivity index (χ4n) is 1.16. The standard InChI is InChI=1S/C10H10F2O2/c1-14-9-5-3-2-4-8(9)10(11,12)6-7-13/h2-5,7H,6H2,1H3. The zero-order valence-electron chi connectivity index (χ0n) is 7.67. The molecule has 0 N–H and O–H groups in total. The summed E-state index contributed by atoms with van der Waals surface area (Å²) in [7, 11) is 1.32. The lowest BCUT2D eigenvalue weighted by Gasteiger charge is -2.16. The number of halogens is 2. The highest BCUT2D eigenvalue weighted by Gasteiger charge is 2.33. The van der Waals surface area contributed by atoms with E-state index in [0.717, 1.165) is 0 Å². The van der Waals surface area contributed by atoms with E-state index in [-0.39, 0.29) is 17.6 Å². The van der Waals surface area contributed by atoms with Crippen LogP contribution in [0.3, 0.4) is 0 Å². The van der Waals surface area contributed by atoms with Gasteiger partial charge in [0.2, 0.25) is 0 Å². The smallest absolute Gasteiger partial charge is 0.283 e. The monoisotopic (exact) mass is 200 g/mol. The average molecular weight is 200 g/mol. The first kappa shape index (κ1) is 10.6. The molecule has 0 saturated heterocycles. The normalized spacial score (nSPS) is 11.1. The largest absolute Gasteiger partial charge is 0.496 e. The number of carbonyl (C=O) groups is 1. The average Bonchev–Trinajstić information content (AvgIpc) is 2.18. The van der Waals surface area contributed by atoms with Gasteiger partial charge in [-0.3, -0.25) is 0 Å². The summed E-state index contributed by atoms with van der Waals surface area (Å²) in [5, 5.41) is 0. The molecule has 0 aliphatic rings. The Labute approximate surface area is 80.5 Å². The van der Waals surface area contributed by atoms with Gasteiger partial charge >= 0.3 is 0 Å². The third-order valence-corrected chi connectivity index (χ3v) is 1.84. The molecule has 2 nitrogen and oxygen atoms in total.